The van der Waals surface area contributed by atoms with Gasteiger partial charge in [0.2, 0.25) is 0 Å². The molecule has 0 aliphatic carbocycles. The van der Waals surface area contributed by atoms with Gasteiger partial charge in [0.1, 0.15) is 21.9 Å². The first-order valence-electron chi connectivity index (χ1n) is 10.9. The maximum Gasteiger partial charge on any atom is 0.327 e. The van der Waals surface area contributed by atoms with E-state index in [1.54, 1.807) is 42.5 Å². The molecule has 36 heavy (non-hydrogen) atoms. The van der Waals surface area contributed by atoms with Crippen LogP contribution < -0.4 is 4.74 Å². The highest BCUT2D eigenvalue weighted by molar-refractivity contribution is 8.26. The molecule has 1 aliphatic heterocycles. The third kappa shape index (κ3) is 6.05. The molecule has 1 atom stereocenters. The third-order valence-electron chi connectivity index (χ3n) is 5.41. The molecule has 1 amide bonds. The van der Waals surface area contributed by atoms with Crippen molar-refractivity contribution in [3.8, 4) is 5.75 Å². The van der Waals surface area contributed by atoms with E-state index in [1.165, 1.54) is 24.3 Å². The molecule has 1 heterocycles. The van der Waals surface area contributed by atoms with Crippen LogP contribution in [0.3, 0.4) is 0 Å². The number of hydrogen-bond acceptors (Lipinski definition) is 6. The quantitative estimate of drug-likeness (QED) is 0.241. The highest BCUT2D eigenvalue weighted by atomic mass is 32.2. The highest BCUT2D eigenvalue weighted by Crippen LogP contribution is 2.35. The summed E-state index contributed by atoms with van der Waals surface area (Å²) in [5.41, 5.74) is 1.82. The zero-order valence-corrected chi connectivity index (χ0v) is 20.4. The first kappa shape index (κ1) is 25.3. The van der Waals surface area contributed by atoms with Crippen LogP contribution in [-0.2, 0) is 16.0 Å². The topological polar surface area (TPSA) is 83.9 Å². The molecular formula is C27H20FNO5S2. The predicted molar refractivity (Wildman–Crippen MR) is 139 cm³/mol. The Bertz CT molecular complexity index is 1320. The molecule has 0 unspecified atom stereocenters. The minimum absolute atomic E-state index is 0.137. The average Bonchev–Trinajstić information content (AvgIpc) is 3.15. The van der Waals surface area contributed by atoms with E-state index in [2.05, 4.69) is 0 Å². The number of thioether (sulfide) groups is 1. The first-order chi connectivity index (χ1) is 17.3. The Balaban J connectivity index is 1.42. The van der Waals surface area contributed by atoms with Crippen molar-refractivity contribution in [3.05, 3.63) is 106 Å². The number of carbonyl (C=O) groups excluding carboxylic acids is 2. The second kappa shape index (κ2) is 11.3. The van der Waals surface area contributed by atoms with Gasteiger partial charge in [0.15, 0.2) is 12.4 Å². The van der Waals surface area contributed by atoms with Crippen LogP contribution in [0.15, 0.2) is 83.8 Å². The Morgan fingerprint density at radius 2 is 1.69 bits per heavy atom. The van der Waals surface area contributed by atoms with Crippen molar-refractivity contribution in [1.82, 2.24) is 4.90 Å². The smallest absolute Gasteiger partial charge is 0.327 e. The number of thiocarbonyl (C=S) groups is 1. The summed E-state index contributed by atoms with van der Waals surface area (Å²) in [5, 5.41) is 9.77. The summed E-state index contributed by atoms with van der Waals surface area (Å²) in [6, 6.07) is 19.9. The number of benzene rings is 3. The summed E-state index contributed by atoms with van der Waals surface area (Å²) in [6.07, 6.45) is 1.77. The monoisotopic (exact) mass is 521 g/mol. The molecule has 1 N–H and O–H groups in total. The number of ether oxygens (including phenoxy) is 1. The molecular weight excluding hydrogens is 501 g/mol. The number of carboxylic acid groups (broad SMARTS) is 1. The number of Topliss-reactive ketones (excluding diaryl/α,β-unsaturated/α-hetero) is 1. The molecule has 0 spiro atoms. The van der Waals surface area contributed by atoms with Crippen LogP contribution in [0.1, 0.15) is 21.5 Å². The molecule has 6 nitrogen and oxygen atoms in total. The molecule has 3 aromatic carbocycles. The zero-order valence-electron chi connectivity index (χ0n) is 18.8. The number of carboxylic acids is 1. The van der Waals surface area contributed by atoms with Gasteiger partial charge in [-0.05, 0) is 53.6 Å². The van der Waals surface area contributed by atoms with Gasteiger partial charge in [0.25, 0.3) is 5.91 Å². The SMILES string of the molecule is O=C(COc1ccc(/C=C2\SC(=S)N([C@@H](Cc3ccccc3)C(=O)O)C2=O)cc1)c1ccc(F)cc1. The van der Waals surface area contributed by atoms with Gasteiger partial charge in [-0.1, -0.05) is 66.4 Å². The number of aliphatic carboxylic acids is 1. The van der Waals surface area contributed by atoms with E-state index in [0.717, 1.165) is 22.2 Å². The van der Waals surface area contributed by atoms with Crippen LogP contribution in [0.4, 0.5) is 4.39 Å². The Hall–Kier alpha value is -3.82. The van der Waals surface area contributed by atoms with Gasteiger partial charge >= 0.3 is 5.97 Å². The van der Waals surface area contributed by atoms with Gasteiger partial charge in [0.05, 0.1) is 4.91 Å². The van der Waals surface area contributed by atoms with Crippen molar-refractivity contribution < 1.29 is 28.6 Å². The Kier molecular flexibility index (Phi) is 7.92. The van der Waals surface area contributed by atoms with Gasteiger partial charge in [-0.15, -0.1) is 0 Å². The van der Waals surface area contributed by atoms with E-state index >= 15 is 0 Å². The van der Waals surface area contributed by atoms with Crippen molar-refractivity contribution >= 4 is 52.0 Å². The number of nitrogens with zero attached hydrogens (tertiary/aromatic N) is 1. The number of amides is 1. The minimum Gasteiger partial charge on any atom is -0.485 e. The van der Waals surface area contributed by atoms with Gasteiger partial charge in [-0.25, -0.2) is 9.18 Å². The number of carbonyl (C=O) groups is 3. The van der Waals surface area contributed by atoms with Crippen molar-refractivity contribution in [1.29, 1.82) is 0 Å². The molecule has 0 radical (unpaired) electrons. The molecule has 1 saturated heterocycles. The number of rotatable bonds is 9. The van der Waals surface area contributed by atoms with E-state index in [9.17, 15) is 23.9 Å². The number of halogens is 1. The lowest BCUT2D eigenvalue weighted by Crippen LogP contribution is -2.45. The third-order valence-corrected chi connectivity index (χ3v) is 6.74. The fraction of sp³-hybridized carbons (Fsp3) is 0.111. The summed E-state index contributed by atoms with van der Waals surface area (Å²) in [7, 11) is 0. The fourth-order valence-corrected chi connectivity index (χ4v) is 4.91. The van der Waals surface area contributed by atoms with Gasteiger partial charge in [-0.3, -0.25) is 14.5 Å². The van der Waals surface area contributed by atoms with Crippen LogP contribution in [-0.4, -0.2) is 44.6 Å². The lowest BCUT2D eigenvalue weighted by molar-refractivity contribution is -0.145. The van der Waals surface area contributed by atoms with Gasteiger partial charge in [-0.2, -0.15) is 0 Å². The van der Waals surface area contributed by atoms with E-state index in [-0.39, 0.29) is 23.1 Å². The molecule has 1 aliphatic rings. The summed E-state index contributed by atoms with van der Waals surface area (Å²) in [4.78, 5) is 38.7. The van der Waals surface area contributed by atoms with Crippen molar-refractivity contribution in [2.45, 2.75) is 12.5 Å². The summed E-state index contributed by atoms with van der Waals surface area (Å²) >= 11 is 6.39. The fourth-order valence-electron chi connectivity index (χ4n) is 3.55. The first-order valence-corrected chi connectivity index (χ1v) is 12.1. The molecule has 3 aromatic rings. The molecule has 182 valence electrons. The van der Waals surface area contributed by atoms with Crippen LogP contribution >= 0.6 is 24.0 Å². The zero-order chi connectivity index (χ0) is 25.7. The van der Waals surface area contributed by atoms with Crippen LogP contribution in [0, 0.1) is 5.82 Å². The lowest BCUT2D eigenvalue weighted by atomic mass is 10.0. The second-order valence-corrected chi connectivity index (χ2v) is 9.56. The summed E-state index contributed by atoms with van der Waals surface area (Å²) in [6.45, 7) is -0.207. The molecule has 4 rings (SSSR count). The Morgan fingerprint density at radius 1 is 1.03 bits per heavy atom. The summed E-state index contributed by atoms with van der Waals surface area (Å²) < 4.78 is 18.7. The molecule has 0 aromatic heterocycles. The Morgan fingerprint density at radius 3 is 2.33 bits per heavy atom. The summed E-state index contributed by atoms with van der Waals surface area (Å²) in [5.74, 6) is -1.85. The van der Waals surface area contributed by atoms with Gasteiger partial charge < -0.3 is 9.84 Å². The maximum absolute atomic E-state index is 13.1. The van der Waals surface area contributed by atoms with Crippen molar-refractivity contribution in [2.24, 2.45) is 0 Å². The predicted octanol–water partition coefficient (Wildman–Crippen LogP) is 4.98. The van der Waals surface area contributed by atoms with E-state index in [0.29, 0.717) is 21.8 Å². The molecule has 0 bridgehead atoms. The Labute approximate surface area is 216 Å². The highest BCUT2D eigenvalue weighted by Gasteiger charge is 2.40. The minimum atomic E-state index is -1.13. The van der Waals surface area contributed by atoms with E-state index < -0.39 is 23.7 Å². The van der Waals surface area contributed by atoms with Crippen molar-refractivity contribution in [2.75, 3.05) is 6.61 Å². The number of hydrogen-bond donors (Lipinski definition) is 1. The lowest BCUT2D eigenvalue weighted by Gasteiger charge is -2.23. The van der Waals surface area contributed by atoms with Gasteiger partial charge in [0, 0.05) is 12.0 Å². The second-order valence-electron chi connectivity index (χ2n) is 7.88. The molecule has 0 saturated carbocycles. The molecule has 1 fully saturated rings. The largest absolute Gasteiger partial charge is 0.485 e. The van der Waals surface area contributed by atoms with Crippen LogP contribution in [0.5, 0.6) is 5.75 Å². The van der Waals surface area contributed by atoms with E-state index in [4.69, 9.17) is 17.0 Å². The standard InChI is InChI=1S/C27H20FNO5S2/c28-20-10-8-19(9-11-20)23(30)16-34-21-12-6-18(7-13-21)15-24-25(31)29(27(35)36-24)22(26(32)33)14-17-4-2-1-3-5-17/h1-13,15,22H,14,16H2,(H,32,33)/b24-15-/t22-/m0/s1. The number of ketones is 1. The average molecular weight is 522 g/mol. The molecule has 9 heteroatoms. The van der Waals surface area contributed by atoms with Crippen LogP contribution in [0.2, 0.25) is 0 Å². The van der Waals surface area contributed by atoms with Crippen molar-refractivity contribution in [3.63, 3.8) is 0 Å². The van der Waals surface area contributed by atoms with E-state index in [1.807, 2.05) is 18.2 Å². The van der Waals surface area contributed by atoms with Crippen LogP contribution in [0.25, 0.3) is 6.08 Å². The maximum atomic E-state index is 13.1. The normalized spacial score (nSPS) is 15.2.